The maximum atomic E-state index is 4.77. The van der Waals surface area contributed by atoms with Crippen LogP contribution in [0.25, 0.3) is 21.9 Å². The number of rotatable bonds is 4. The molecule has 0 fully saturated rings. The van der Waals surface area contributed by atoms with Crippen LogP contribution < -0.4 is 5.32 Å². The second kappa shape index (κ2) is 6.49. The molecule has 3 aromatic heterocycles. The second-order valence-electron chi connectivity index (χ2n) is 7.00. The van der Waals surface area contributed by atoms with Gasteiger partial charge in [0.15, 0.2) is 5.82 Å². The van der Waals surface area contributed by atoms with E-state index in [4.69, 9.17) is 5.10 Å². The maximum absolute atomic E-state index is 4.77. The van der Waals surface area contributed by atoms with Crippen LogP contribution in [0.15, 0.2) is 60.8 Å². The zero-order chi connectivity index (χ0) is 19.1. The van der Waals surface area contributed by atoms with Gasteiger partial charge in [0, 0.05) is 30.7 Å². The highest BCUT2D eigenvalue weighted by Gasteiger charge is 2.12. The van der Waals surface area contributed by atoms with Gasteiger partial charge in [0.1, 0.15) is 5.52 Å². The molecule has 6 heteroatoms. The molecule has 0 unspecified atom stereocenters. The third kappa shape index (κ3) is 2.79. The van der Waals surface area contributed by atoms with E-state index < -0.39 is 0 Å². The number of anilines is 2. The van der Waals surface area contributed by atoms with Crippen molar-refractivity contribution in [3.05, 3.63) is 77.6 Å². The number of nitrogens with one attached hydrogen (secondary N) is 2. The first-order valence-corrected chi connectivity index (χ1v) is 9.25. The molecule has 2 N–H and O–H groups in total. The lowest BCUT2D eigenvalue weighted by molar-refractivity contribution is 0.773. The van der Waals surface area contributed by atoms with Crippen LogP contribution in [0.4, 0.5) is 11.5 Å². The van der Waals surface area contributed by atoms with Crippen molar-refractivity contribution in [1.82, 2.24) is 25.0 Å². The third-order valence-electron chi connectivity index (χ3n) is 5.13. The number of fused-ring (bicyclic) bond motifs is 2. The van der Waals surface area contributed by atoms with Gasteiger partial charge in [-0.2, -0.15) is 10.2 Å². The molecule has 0 bridgehead atoms. The third-order valence-corrected chi connectivity index (χ3v) is 5.13. The molecule has 6 nitrogen and oxygen atoms in total. The van der Waals surface area contributed by atoms with E-state index in [0.717, 1.165) is 40.2 Å². The molecular weight excluding hydrogens is 348 g/mol. The normalized spacial score (nSPS) is 11.4. The van der Waals surface area contributed by atoms with Gasteiger partial charge in [-0.15, -0.1) is 0 Å². The van der Waals surface area contributed by atoms with E-state index in [-0.39, 0.29) is 0 Å². The van der Waals surface area contributed by atoms with Crippen molar-refractivity contribution in [3.8, 4) is 0 Å². The van der Waals surface area contributed by atoms with E-state index in [0.29, 0.717) is 0 Å². The predicted molar refractivity (Wildman–Crippen MR) is 112 cm³/mol. The SMILES string of the molecule is Cc1ccccc1Cc1nn(C)c2cc(Nc3n[nH]c4cccnc34)ccc12. The van der Waals surface area contributed by atoms with Crippen molar-refractivity contribution in [1.29, 1.82) is 0 Å². The Labute approximate surface area is 162 Å². The van der Waals surface area contributed by atoms with Crippen LogP contribution in [0.5, 0.6) is 0 Å². The van der Waals surface area contributed by atoms with E-state index in [2.05, 4.69) is 69.9 Å². The summed E-state index contributed by atoms with van der Waals surface area (Å²) in [5.41, 5.74) is 7.46. The van der Waals surface area contributed by atoms with E-state index in [1.165, 1.54) is 16.5 Å². The summed E-state index contributed by atoms with van der Waals surface area (Å²) < 4.78 is 1.94. The molecule has 2 aromatic carbocycles. The highest BCUT2D eigenvalue weighted by Crippen LogP contribution is 2.27. The monoisotopic (exact) mass is 368 g/mol. The molecule has 0 saturated heterocycles. The van der Waals surface area contributed by atoms with Crippen LogP contribution in [0.1, 0.15) is 16.8 Å². The van der Waals surface area contributed by atoms with Gasteiger partial charge in [-0.25, -0.2) is 0 Å². The molecule has 0 aliphatic heterocycles. The van der Waals surface area contributed by atoms with Gasteiger partial charge < -0.3 is 5.32 Å². The zero-order valence-corrected chi connectivity index (χ0v) is 15.8. The van der Waals surface area contributed by atoms with Gasteiger partial charge in [-0.1, -0.05) is 24.3 Å². The minimum atomic E-state index is 0.720. The van der Waals surface area contributed by atoms with Crippen molar-refractivity contribution >= 4 is 33.4 Å². The maximum Gasteiger partial charge on any atom is 0.178 e. The van der Waals surface area contributed by atoms with Crippen molar-refractivity contribution in [3.63, 3.8) is 0 Å². The Balaban J connectivity index is 1.50. The van der Waals surface area contributed by atoms with E-state index in [1.807, 2.05) is 23.9 Å². The average Bonchev–Trinajstić information content (AvgIpc) is 3.25. The molecule has 138 valence electrons. The number of aromatic nitrogens is 5. The van der Waals surface area contributed by atoms with Crippen molar-refractivity contribution < 1.29 is 0 Å². The summed E-state index contributed by atoms with van der Waals surface area (Å²) >= 11 is 0. The van der Waals surface area contributed by atoms with Crippen molar-refractivity contribution in [2.75, 3.05) is 5.32 Å². The standard InChI is InChI=1S/C22H20N6/c1-14-6-3-4-7-15(14)12-19-17-10-9-16(13-20(17)28(2)27-19)24-22-21-18(25-26-22)8-5-11-23-21/h3-11,13H,12H2,1-2H3,(H2,24,25,26). The van der Waals surface area contributed by atoms with Crippen LogP contribution in [0.3, 0.4) is 0 Å². The summed E-state index contributed by atoms with van der Waals surface area (Å²) in [7, 11) is 1.99. The van der Waals surface area contributed by atoms with Gasteiger partial charge >= 0.3 is 0 Å². The molecule has 0 amide bonds. The number of H-pyrrole nitrogens is 1. The predicted octanol–water partition coefficient (Wildman–Crippen LogP) is 4.49. The topological polar surface area (TPSA) is 71.4 Å². The number of pyridine rings is 1. The van der Waals surface area contributed by atoms with Crippen LogP contribution in [0.2, 0.25) is 0 Å². The Kier molecular flexibility index (Phi) is 3.83. The second-order valence-corrected chi connectivity index (χ2v) is 7.00. The number of aromatic amines is 1. The highest BCUT2D eigenvalue weighted by atomic mass is 15.3. The Morgan fingerprint density at radius 3 is 2.86 bits per heavy atom. The number of nitrogens with zero attached hydrogens (tertiary/aromatic N) is 4. The summed E-state index contributed by atoms with van der Waals surface area (Å²) in [6.45, 7) is 2.14. The van der Waals surface area contributed by atoms with Gasteiger partial charge in [-0.05, 0) is 48.4 Å². The Hall–Kier alpha value is -3.67. The largest absolute Gasteiger partial charge is 0.337 e. The summed E-state index contributed by atoms with van der Waals surface area (Å²) in [6, 6.07) is 18.6. The Morgan fingerprint density at radius 2 is 1.96 bits per heavy atom. The molecule has 0 radical (unpaired) electrons. The van der Waals surface area contributed by atoms with Crippen LogP contribution in [-0.2, 0) is 13.5 Å². The summed E-state index contributed by atoms with van der Waals surface area (Å²) in [5, 5.41) is 16.6. The minimum absolute atomic E-state index is 0.720. The lowest BCUT2D eigenvalue weighted by Crippen LogP contribution is -1.95. The fourth-order valence-corrected chi connectivity index (χ4v) is 3.61. The van der Waals surface area contributed by atoms with Crippen molar-refractivity contribution in [2.45, 2.75) is 13.3 Å². The van der Waals surface area contributed by atoms with Crippen LogP contribution in [0, 0.1) is 6.92 Å². The van der Waals surface area contributed by atoms with Gasteiger partial charge in [0.05, 0.1) is 16.7 Å². The highest BCUT2D eigenvalue weighted by molar-refractivity contribution is 5.90. The van der Waals surface area contributed by atoms with E-state index in [9.17, 15) is 0 Å². The first-order valence-electron chi connectivity index (χ1n) is 9.25. The zero-order valence-electron chi connectivity index (χ0n) is 15.8. The molecule has 5 rings (SSSR count). The van der Waals surface area contributed by atoms with Crippen LogP contribution in [-0.4, -0.2) is 25.0 Å². The minimum Gasteiger partial charge on any atom is -0.337 e. The van der Waals surface area contributed by atoms with Gasteiger partial charge in [0.2, 0.25) is 0 Å². The molecule has 0 atom stereocenters. The first-order chi connectivity index (χ1) is 13.7. The summed E-state index contributed by atoms with van der Waals surface area (Å²) in [6.07, 6.45) is 2.59. The van der Waals surface area contributed by atoms with Crippen LogP contribution >= 0.6 is 0 Å². The quantitative estimate of drug-likeness (QED) is 0.490. The fraction of sp³-hybridized carbons (Fsp3) is 0.136. The lowest BCUT2D eigenvalue weighted by Gasteiger charge is -2.05. The van der Waals surface area contributed by atoms with Gasteiger partial charge in [-0.3, -0.25) is 14.8 Å². The Bertz CT molecular complexity index is 1300. The summed E-state index contributed by atoms with van der Waals surface area (Å²) in [4.78, 5) is 4.40. The Morgan fingerprint density at radius 1 is 1.07 bits per heavy atom. The summed E-state index contributed by atoms with van der Waals surface area (Å²) in [5.74, 6) is 0.720. The molecule has 0 aliphatic rings. The lowest BCUT2D eigenvalue weighted by atomic mass is 10.0. The average molecular weight is 368 g/mol. The molecule has 5 aromatic rings. The number of hydrogen-bond donors (Lipinski definition) is 2. The van der Waals surface area contributed by atoms with E-state index in [1.54, 1.807) is 6.20 Å². The smallest absolute Gasteiger partial charge is 0.178 e. The molecule has 0 spiro atoms. The van der Waals surface area contributed by atoms with E-state index >= 15 is 0 Å². The first kappa shape index (κ1) is 16.5. The molecule has 3 heterocycles. The van der Waals surface area contributed by atoms with Gasteiger partial charge in [0.25, 0.3) is 0 Å². The van der Waals surface area contributed by atoms with Crippen molar-refractivity contribution in [2.24, 2.45) is 7.05 Å². The number of hydrogen-bond acceptors (Lipinski definition) is 4. The molecule has 0 aliphatic carbocycles. The number of benzene rings is 2. The molecular formula is C22H20N6. The fourth-order valence-electron chi connectivity index (χ4n) is 3.61. The molecule has 0 saturated carbocycles. The molecule has 28 heavy (non-hydrogen) atoms. The number of aryl methyl sites for hydroxylation is 2.